The molecule has 0 aromatic rings. The highest BCUT2D eigenvalue weighted by Gasteiger charge is 2.65. The number of esters is 1. The van der Waals surface area contributed by atoms with Gasteiger partial charge in [0.2, 0.25) is 0 Å². The molecular weight excluding hydrogens is 340 g/mol. The van der Waals surface area contributed by atoms with Gasteiger partial charge in [0.1, 0.15) is 11.4 Å². The maximum atomic E-state index is 12.8. The third kappa shape index (κ3) is 2.75. The predicted octanol–water partition coefficient (Wildman–Crippen LogP) is 5.26. The third-order valence-electron chi connectivity index (χ3n) is 7.76. The van der Waals surface area contributed by atoms with Crippen molar-refractivity contribution in [3.05, 3.63) is 35.8 Å². The third-order valence-corrected chi connectivity index (χ3v) is 7.76. The van der Waals surface area contributed by atoms with Crippen molar-refractivity contribution >= 4 is 5.97 Å². The van der Waals surface area contributed by atoms with E-state index in [1.165, 1.54) is 12.8 Å². The molecule has 2 aliphatic heterocycles. The molecule has 2 heterocycles. The lowest BCUT2D eigenvalue weighted by Crippen LogP contribution is -2.56. The summed E-state index contributed by atoms with van der Waals surface area (Å²) in [5.74, 6) is 1.03. The van der Waals surface area contributed by atoms with Crippen molar-refractivity contribution in [2.24, 2.45) is 22.7 Å². The van der Waals surface area contributed by atoms with E-state index in [0.717, 1.165) is 24.8 Å². The van der Waals surface area contributed by atoms with Gasteiger partial charge >= 0.3 is 5.97 Å². The van der Waals surface area contributed by atoms with Crippen LogP contribution in [0, 0.1) is 22.7 Å². The second kappa shape index (κ2) is 5.89. The Hall–Kier alpha value is -1.71. The Morgan fingerprint density at radius 1 is 1.22 bits per heavy atom. The molecule has 1 saturated heterocycles. The van der Waals surface area contributed by atoms with Crippen molar-refractivity contribution in [1.82, 2.24) is 0 Å². The Morgan fingerprint density at radius 3 is 2.63 bits per heavy atom. The van der Waals surface area contributed by atoms with E-state index >= 15 is 0 Å². The maximum Gasteiger partial charge on any atom is 0.338 e. The molecule has 0 aromatic carbocycles. The summed E-state index contributed by atoms with van der Waals surface area (Å²) in [5, 5.41) is 0. The van der Waals surface area contributed by atoms with Gasteiger partial charge in [0.05, 0.1) is 11.8 Å². The average Bonchev–Trinajstić information content (AvgIpc) is 3.00. The number of fused-ring (bicyclic) bond motifs is 3. The fourth-order valence-electron chi connectivity index (χ4n) is 6.58. The second-order valence-electron chi connectivity index (χ2n) is 10.0. The topological polar surface area (TPSA) is 44.8 Å². The van der Waals surface area contributed by atoms with Crippen LogP contribution in [0.2, 0.25) is 0 Å². The fraction of sp³-hybridized carbons (Fsp3) is 0.696. The molecule has 27 heavy (non-hydrogen) atoms. The SMILES string of the molecule is C=C1O[C@H](O/C=C2\C(=O)O[C@]3(C)CCC4C(C)(C)CCC[C@]4(C)[C@@H]23)C=C1C. The van der Waals surface area contributed by atoms with Crippen LogP contribution in [0.1, 0.15) is 66.7 Å². The smallest absolute Gasteiger partial charge is 0.338 e. The Bertz CT molecular complexity index is 745. The Balaban J connectivity index is 1.67. The first kappa shape index (κ1) is 18.6. The minimum Gasteiger partial charge on any atom is -0.458 e. The summed E-state index contributed by atoms with van der Waals surface area (Å²) in [7, 11) is 0. The molecule has 4 rings (SSSR count). The van der Waals surface area contributed by atoms with Crippen molar-refractivity contribution < 1.29 is 19.0 Å². The molecule has 4 nitrogen and oxygen atoms in total. The van der Waals surface area contributed by atoms with Gasteiger partial charge < -0.3 is 14.2 Å². The molecule has 5 atom stereocenters. The van der Waals surface area contributed by atoms with Gasteiger partial charge in [-0.1, -0.05) is 33.8 Å². The number of hydrogen-bond donors (Lipinski definition) is 0. The molecule has 4 heteroatoms. The molecule has 3 fully saturated rings. The lowest BCUT2D eigenvalue weighted by Gasteiger charge is -2.59. The molecule has 2 saturated carbocycles. The van der Waals surface area contributed by atoms with Crippen molar-refractivity contribution in [2.75, 3.05) is 0 Å². The summed E-state index contributed by atoms with van der Waals surface area (Å²) in [5.41, 5.74) is 1.54. The maximum absolute atomic E-state index is 12.8. The van der Waals surface area contributed by atoms with Crippen LogP contribution in [0.15, 0.2) is 35.8 Å². The number of allylic oxidation sites excluding steroid dienone is 1. The summed E-state index contributed by atoms with van der Waals surface area (Å²) < 4.78 is 17.4. The highest BCUT2D eigenvalue weighted by atomic mass is 16.7. The molecule has 0 amide bonds. The van der Waals surface area contributed by atoms with Gasteiger partial charge in [-0.05, 0) is 61.9 Å². The number of carbonyl (C=O) groups is 1. The Labute approximate surface area is 162 Å². The number of carbonyl (C=O) groups excluding carboxylic acids is 1. The highest BCUT2D eigenvalue weighted by Crippen LogP contribution is 2.66. The zero-order chi connectivity index (χ0) is 19.6. The first-order valence-electron chi connectivity index (χ1n) is 10.2. The quantitative estimate of drug-likeness (QED) is 0.377. The molecule has 2 aliphatic carbocycles. The normalized spacial score (nSPS) is 44.3. The van der Waals surface area contributed by atoms with E-state index in [4.69, 9.17) is 14.2 Å². The predicted molar refractivity (Wildman–Crippen MR) is 103 cm³/mol. The zero-order valence-electron chi connectivity index (χ0n) is 17.3. The highest BCUT2D eigenvalue weighted by molar-refractivity contribution is 5.92. The van der Waals surface area contributed by atoms with Crippen LogP contribution >= 0.6 is 0 Å². The second-order valence-corrected chi connectivity index (χ2v) is 10.0. The van der Waals surface area contributed by atoms with Crippen molar-refractivity contribution in [2.45, 2.75) is 78.6 Å². The summed E-state index contributed by atoms with van der Waals surface area (Å²) in [4.78, 5) is 12.8. The van der Waals surface area contributed by atoms with Gasteiger partial charge in [-0.15, -0.1) is 0 Å². The molecule has 0 radical (unpaired) electrons. The molecule has 0 N–H and O–H groups in total. The number of ether oxygens (including phenoxy) is 3. The van der Waals surface area contributed by atoms with E-state index in [2.05, 4.69) is 34.3 Å². The van der Waals surface area contributed by atoms with Crippen LogP contribution < -0.4 is 0 Å². The number of rotatable bonds is 2. The van der Waals surface area contributed by atoms with E-state index in [9.17, 15) is 4.79 Å². The summed E-state index contributed by atoms with van der Waals surface area (Å²) >= 11 is 0. The van der Waals surface area contributed by atoms with Crippen molar-refractivity contribution in [1.29, 1.82) is 0 Å². The molecular formula is C23H32O4. The Morgan fingerprint density at radius 2 is 1.96 bits per heavy atom. The molecule has 0 bridgehead atoms. The Kier molecular flexibility index (Phi) is 4.07. The monoisotopic (exact) mass is 372 g/mol. The van der Waals surface area contributed by atoms with Crippen LogP contribution in [0.4, 0.5) is 0 Å². The molecule has 0 aromatic heterocycles. The minimum atomic E-state index is -0.514. The van der Waals surface area contributed by atoms with Crippen molar-refractivity contribution in [3.8, 4) is 0 Å². The van der Waals surface area contributed by atoms with Gasteiger partial charge in [-0.3, -0.25) is 0 Å². The van der Waals surface area contributed by atoms with Gasteiger partial charge in [0.15, 0.2) is 0 Å². The largest absolute Gasteiger partial charge is 0.458 e. The van der Waals surface area contributed by atoms with E-state index in [1.807, 2.05) is 13.0 Å². The zero-order valence-corrected chi connectivity index (χ0v) is 17.3. The van der Waals surface area contributed by atoms with Crippen LogP contribution in [0.3, 0.4) is 0 Å². The summed E-state index contributed by atoms with van der Waals surface area (Å²) in [6.45, 7) is 15.1. The van der Waals surface area contributed by atoms with Gasteiger partial charge in [-0.25, -0.2) is 4.79 Å². The van der Waals surface area contributed by atoms with E-state index in [0.29, 0.717) is 17.3 Å². The van der Waals surface area contributed by atoms with Gasteiger partial charge in [-0.2, -0.15) is 0 Å². The van der Waals surface area contributed by atoms with Gasteiger partial charge in [0.25, 0.3) is 6.29 Å². The van der Waals surface area contributed by atoms with Crippen molar-refractivity contribution in [3.63, 3.8) is 0 Å². The molecule has 0 spiro atoms. The lowest BCUT2D eigenvalue weighted by molar-refractivity contribution is -0.164. The van der Waals surface area contributed by atoms with Crippen LogP contribution in [0.5, 0.6) is 0 Å². The lowest BCUT2D eigenvalue weighted by atomic mass is 9.45. The van der Waals surface area contributed by atoms with Crippen LogP contribution in [-0.2, 0) is 19.0 Å². The standard InChI is InChI=1S/C23H32O4/c1-14-12-18(26-15(14)2)25-13-16-19-22(5)10-7-9-21(3,4)17(22)8-11-23(19,6)27-20(16)24/h12-13,17-19H,2,7-11H2,1,3-6H3/b16-13-/t17?,18-,19+,22-,23+/m0/s1. The average molecular weight is 373 g/mol. The van der Waals surface area contributed by atoms with Crippen LogP contribution in [0.25, 0.3) is 0 Å². The van der Waals surface area contributed by atoms with E-state index in [1.54, 1.807) is 6.26 Å². The minimum absolute atomic E-state index is 0.0436. The van der Waals surface area contributed by atoms with Gasteiger partial charge in [0, 0.05) is 12.0 Å². The fourth-order valence-corrected chi connectivity index (χ4v) is 6.58. The molecule has 1 unspecified atom stereocenters. The summed E-state index contributed by atoms with van der Waals surface area (Å²) in [6, 6.07) is 0. The summed E-state index contributed by atoms with van der Waals surface area (Å²) in [6.07, 6.45) is 8.59. The van der Waals surface area contributed by atoms with E-state index in [-0.39, 0.29) is 22.7 Å². The molecule has 4 aliphatic rings. The first-order chi connectivity index (χ1) is 12.6. The first-order valence-corrected chi connectivity index (χ1v) is 10.2. The number of hydrogen-bond acceptors (Lipinski definition) is 4. The molecule has 148 valence electrons. The van der Waals surface area contributed by atoms with Crippen LogP contribution in [-0.4, -0.2) is 17.9 Å². The van der Waals surface area contributed by atoms with E-state index < -0.39 is 11.9 Å².